The third-order valence-corrected chi connectivity index (χ3v) is 4.98. The van der Waals surface area contributed by atoms with E-state index in [9.17, 15) is 0 Å². The van der Waals surface area contributed by atoms with Gasteiger partial charge < -0.3 is 0 Å². The summed E-state index contributed by atoms with van der Waals surface area (Å²) in [6.07, 6.45) is 9.46. The minimum Gasteiger partial charge on any atom is -0.0856 e. The van der Waals surface area contributed by atoms with Crippen molar-refractivity contribution in [3.8, 4) is 0 Å². The highest BCUT2D eigenvalue weighted by Gasteiger charge is 2.48. The molecule has 0 N–H and O–H groups in total. The molecular weight excluding hydrogens is 180 g/mol. The van der Waals surface area contributed by atoms with Gasteiger partial charge in [0.15, 0.2) is 0 Å². The van der Waals surface area contributed by atoms with Crippen LogP contribution >= 0.6 is 0 Å². The molecule has 0 radical (unpaired) electrons. The van der Waals surface area contributed by atoms with Crippen LogP contribution in [-0.4, -0.2) is 0 Å². The van der Waals surface area contributed by atoms with Crippen LogP contribution in [0.25, 0.3) is 0 Å². The Labute approximate surface area is 95.1 Å². The lowest BCUT2D eigenvalue weighted by molar-refractivity contribution is -0.0483. The predicted octanol–water partition coefficient (Wildman–Crippen LogP) is 4.81. The van der Waals surface area contributed by atoms with Crippen molar-refractivity contribution in [3.05, 3.63) is 11.6 Å². The Morgan fingerprint density at radius 2 is 2.00 bits per heavy atom. The first kappa shape index (κ1) is 11.2. The molecule has 2 aliphatic rings. The molecular formula is C15H26. The second-order valence-electron chi connectivity index (χ2n) is 6.61. The first-order valence-corrected chi connectivity index (χ1v) is 6.66. The fourth-order valence-electron chi connectivity index (χ4n) is 3.81. The first-order valence-electron chi connectivity index (χ1n) is 6.66. The maximum atomic E-state index is 2.48. The van der Waals surface area contributed by atoms with E-state index in [0.717, 1.165) is 17.8 Å². The van der Waals surface area contributed by atoms with Crippen LogP contribution in [0.15, 0.2) is 11.6 Å². The average Bonchev–Trinajstić information content (AvgIpc) is 2.18. The Balaban J connectivity index is 2.08. The molecule has 3 atom stereocenters. The maximum Gasteiger partial charge on any atom is -0.0320 e. The van der Waals surface area contributed by atoms with E-state index in [1.165, 1.54) is 32.1 Å². The molecule has 2 rings (SSSR count). The normalized spacial score (nSPS) is 43.7. The van der Waals surface area contributed by atoms with Gasteiger partial charge in [-0.15, -0.1) is 0 Å². The quantitative estimate of drug-likeness (QED) is 0.499. The first-order chi connectivity index (χ1) is 7.00. The van der Waals surface area contributed by atoms with E-state index in [1.54, 1.807) is 5.57 Å². The molecule has 0 amide bonds. The molecule has 0 aromatic rings. The van der Waals surface area contributed by atoms with Crippen LogP contribution in [0, 0.1) is 23.2 Å². The Bertz CT molecular complexity index is 259. The third kappa shape index (κ3) is 2.14. The van der Waals surface area contributed by atoms with E-state index >= 15 is 0 Å². The average molecular weight is 206 g/mol. The van der Waals surface area contributed by atoms with Crippen molar-refractivity contribution in [3.63, 3.8) is 0 Å². The van der Waals surface area contributed by atoms with Crippen molar-refractivity contribution < 1.29 is 0 Å². The molecule has 1 saturated carbocycles. The van der Waals surface area contributed by atoms with Gasteiger partial charge in [-0.1, -0.05) is 32.4 Å². The van der Waals surface area contributed by atoms with Gasteiger partial charge in [-0.3, -0.25) is 0 Å². The summed E-state index contributed by atoms with van der Waals surface area (Å²) in [5, 5.41) is 0. The molecule has 86 valence electrons. The summed E-state index contributed by atoms with van der Waals surface area (Å²) in [6, 6.07) is 0. The summed E-state index contributed by atoms with van der Waals surface area (Å²) in [6.45, 7) is 9.73. The monoisotopic (exact) mass is 206 g/mol. The van der Waals surface area contributed by atoms with Crippen molar-refractivity contribution >= 4 is 0 Å². The van der Waals surface area contributed by atoms with Crippen LogP contribution in [-0.2, 0) is 0 Å². The Hall–Kier alpha value is -0.260. The molecule has 0 heterocycles. The Morgan fingerprint density at radius 3 is 2.67 bits per heavy atom. The van der Waals surface area contributed by atoms with Gasteiger partial charge in [0, 0.05) is 0 Å². The van der Waals surface area contributed by atoms with Crippen molar-refractivity contribution in [2.75, 3.05) is 0 Å². The second-order valence-corrected chi connectivity index (χ2v) is 6.61. The highest BCUT2D eigenvalue weighted by Crippen LogP contribution is 2.56. The van der Waals surface area contributed by atoms with E-state index in [1.807, 2.05) is 0 Å². The largest absolute Gasteiger partial charge is 0.0856 e. The Kier molecular flexibility index (Phi) is 2.96. The number of rotatable bonds is 0. The van der Waals surface area contributed by atoms with Gasteiger partial charge in [0.1, 0.15) is 0 Å². The van der Waals surface area contributed by atoms with Gasteiger partial charge in [0.2, 0.25) is 0 Å². The summed E-state index contributed by atoms with van der Waals surface area (Å²) in [7, 11) is 0. The number of hydrogen-bond donors (Lipinski definition) is 0. The summed E-state index contributed by atoms with van der Waals surface area (Å²) in [4.78, 5) is 0. The smallest absolute Gasteiger partial charge is 0.0320 e. The van der Waals surface area contributed by atoms with Gasteiger partial charge in [-0.05, 0) is 62.2 Å². The third-order valence-electron chi connectivity index (χ3n) is 4.98. The molecule has 0 unspecified atom stereocenters. The predicted molar refractivity (Wildman–Crippen MR) is 66.8 cm³/mol. The fourth-order valence-corrected chi connectivity index (χ4v) is 3.81. The molecule has 0 bridgehead atoms. The van der Waals surface area contributed by atoms with Crippen LogP contribution in [0.2, 0.25) is 0 Å². The molecule has 0 aromatic heterocycles. The molecule has 2 aliphatic carbocycles. The maximum absolute atomic E-state index is 2.48. The van der Waals surface area contributed by atoms with E-state index < -0.39 is 0 Å². The molecule has 0 spiro atoms. The van der Waals surface area contributed by atoms with Crippen molar-refractivity contribution in [1.29, 1.82) is 0 Å². The summed E-state index contributed by atoms with van der Waals surface area (Å²) in [5.41, 5.74) is 2.26. The zero-order chi connectivity index (χ0) is 11.1. The van der Waals surface area contributed by atoms with E-state index in [2.05, 4.69) is 33.8 Å². The van der Waals surface area contributed by atoms with Gasteiger partial charge in [0.25, 0.3) is 0 Å². The minimum absolute atomic E-state index is 0.629. The van der Waals surface area contributed by atoms with Crippen LogP contribution < -0.4 is 0 Å². The zero-order valence-electron chi connectivity index (χ0n) is 10.8. The molecule has 0 heteroatoms. The lowest BCUT2D eigenvalue weighted by atomic mass is 9.51. The Morgan fingerprint density at radius 1 is 1.27 bits per heavy atom. The van der Waals surface area contributed by atoms with Crippen LogP contribution in [0.1, 0.15) is 59.8 Å². The molecule has 0 nitrogen and oxygen atoms in total. The topological polar surface area (TPSA) is 0 Å². The van der Waals surface area contributed by atoms with Gasteiger partial charge in [-0.2, -0.15) is 0 Å². The number of fused-ring (bicyclic) bond motifs is 1. The minimum atomic E-state index is 0.629. The fraction of sp³-hybridized carbons (Fsp3) is 0.867. The number of allylic oxidation sites excluding steroid dienone is 2. The van der Waals surface area contributed by atoms with Crippen molar-refractivity contribution in [1.82, 2.24) is 0 Å². The lowest BCUT2D eigenvalue weighted by Gasteiger charge is -2.54. The van der Waals surface area contributed by atoms with Crippen molar-refractivity contribution in [2.24, 2.45) is 23.2 Å². The summed E-state index contributed by atoms with van der Waals surface area (Å²) in [5.74, 6) is 2.97. The number of hydrogen-bond acceptors (Lipinski definition) is 0. The second kappa shape index (κ2) is 3.96. The molecule has 1 fully saturated rings. The van der Waals surface area contributed by atoms with Gasteiger partial charge in [0.05, 0.1) is 0 Å². The highest BCUT2D eigenvalue weighted by molar-refractivity contribution is 5.05. The summed E-state index contributed by atoms with van der Waals surface area (Å²) < 4.78 is 0. The van der Waals surface area contributed by atoms with Crippen LogP contribution in [0.5, 0.6) is 0 Å². The summed E-state index contributed by atoms with van der Waals surface area (Å²) >= 11 is 0. The standard InChI is InChI=1S/C15H26/c1-11-6-5-7-12(2)13-10-15(3,4)14(13)9-8-11/h6,12-14H,5,7-10H2,1-4H3/b11-6+/t12-,13-,14-/m1/s1. The zero-order valence-corrected chi connectivity index (χ0v) is 10.8. The van der Waals surface area contributed by atoms with Gasteiger partial charge in [-0.25, -0.2) is 0 Å². The lowest BCUT2D eigenvalue weighted by Crippen LogP contribution is -2.46. The SMILES string of the molecule is C/C1=C\CC[C@@H](C)[C@H]2CC(C)(C)[C@@H]2CC1. The van der Waals surface area contributed by atoms with Gasteiger partial charge >= 0.3 is 0 Å². The molecule has 0 saturated heterocycles. The van der Waals surface area contributed by atoms with Crippen LogP contribution in [0.3, 0.4) is 0 Å². The van der Waals surface area contributed by atoms with E-state index in [-0.39, 0.29) is 0 Å². The van der Waals surface area contributed by atoms with E-state index in [0.29, 0.717) is 5.41 Å². The molecule has 0 aromatic carbocycles. The van der Waals surface area contributed by atoms with E-state index in [4.69, 9.17) is 0 Å². The molecule has 15 heavy (non-hydrogen) atoms. The highest BCUT2D eigenvalue weighted by atomic mass is 14.5. The van der Waals surface area contributed by atoms with Crippen molar-refractivity contribution in [2.45, 2.75) is 59.8 Å². The van der Waals surface area contributed by atoms with Crippen LogP contribution in [0.4, 0.5) is 0 Å². The molecule has 0 aliphatic heterocycles.